The Morgan fingerprint density at radius 2 is 2.06 bits per heavy atom. The van der Waals surface area contributed by atoms with E-state index in [1.165, 1.54) is 0 Å². The summed E-state index contributed by atoms with van der Waals surface area (Å²) in [5, 5.41) is 2.95. The molecule has 9 heteroatoms. The number of hydrazine groups is 1. The van der Waals surface area contributed by atoms with Gasteiger partial charge in [-0.1, -0.05) is 6.07 Å². The Balaban J connectivity index is 1.36. The first-order valence-electron chi connectivity index (χ1n) is 10.8. The van der Waals surface area contributed by atoms with Gasteiger partial charge in [-0.2, -0.15) is 0 Å². The molecule has 2 aliphatic heterocycles. The second-order valence-electron chi connectivity index (χ2n) is 8.09. The summed E-state index contributed by atoms with van der Waals surface area (Å²) in [6, 6.07) is 8.84. The maximum Gasteiger partial charge on any atom is 0.241 e. The highest BCUT2D eigenvalue weighted by Gasteiger charge is 2.36. The predicted octanol–water partition coefficient (Wildman–Crippen LogP) is 1.88. The number of anilines is 1. The summed E-state index contributed by atoms with van der Waals surface area (Å²) in [6.07, 6.45) is 5.70. The Labute approximate surface area is 187 Å². The molecule has 3 heterocycles. The number of nitrogens with zero attached hydrogens (tertiary/aromatic N) is 2. The van der Waals surface area contributed by atoms with Gasteiger partial charge in [0.15, 0.2) is 0 Å². The van der Waals surface area contributed by atoms with Gasteiger partial charge in [0.25, 0.3) is 0 Å². The number of piperidine rings is 1. The van der Waals surface area contributed by atoms with Crippen LogP contribution in [0.2, 0.25) is 0 Å². The molecule has 3 atom stereocenters. The van der Waals surface area contributed by atoms with Crippen molar-refractivity contribution < 1.29 is 19.1 Å². The molecule has 1 aromatic heterocycles. The van der Waals surface area contributed by atoms with Gasteiger partial charge in [-0.05, 0) is 43.0 Å². The summed E-state index contributed by atoms with van der Waals surface area (Å²) in [6.45, 7) is 1.06. The molecule has 0 bridgehead atoms. The Bertz CT molecular complexity index is 955. The lowest BCUT2D eigenvalue weighted by Crippen LogP contribution is -2.50. The molecule has 2 saturated heterocycles. The SMILES string of the molecule is COc1ccc(NC(=O)C2CCCN(C(=O)C3CC(c4cccnc4)NN3)C2)c(OC)c1. The Hall–Kier alpha value is -3.17. The van der Waals surface area contributed by atoms with Crippen LogP contribution in [0.3, 0.4) is 0 Å². The van der Waals surface area contributed by atoms with E-state index in [1.807, 2.05) is 12.1 Å². The highest BCUT2D eigenvalue weighted by molar-refractivity contribution is 5.94. The molecule has 0 spiro atoms. The minimum absolute atomic E-state index is 0.0171. The highest BCUT2D eigenvalue weighted by atomic mass is 16.5. The van der Waals surface area contributed by atoms with Gasteiger partial charge in [0, 0.05) is 37.6 Å². The average molecular weight is 440 g/mol. The average Bonchev–Trinajstić information content (AvgIpc) is 3.35. The van der Waals surface area contributed by atoms with Crippen LogP contribution in [0.15, 0.2) is 42.7 Å². The normalized spacial score (nSPS) is 22.9. The van der Waals surface area contributed by atoms with Gasteiger partial charge in [0.2, 0.25) is 11.8 Å². The van der Waals surface area contributed by atoms with E-state index < -0.39 is 0 Å². The first-order chi connectivity index (χ1) is 15.6. The molecule has 2 amide bonds. The maximum absolute atomic E-state index is 13.1. The number of amides is 2. The topological polar surface area (TPSA) is 105 Å². The lowest BCUT2D eigenvalue weighted by atomic mass is 9.95. The smallest absolute Gasteiger partial charge is 0.241 e. The number of carbonyl (C=O) groups excluding carboxylic acids is 2. The van der Waals surface area contributed by atoms with Crippen LogP contribution < -0.4 is 25.6 Å². The number of likely N-dealkylation sites (tertiary alicyclic amines) is 1. The predicted molar refractivity (Wildman–Crippen MR) is 119 cm³/mol. The van der Waals surface area contributed by atoms with E-state index >= 15 is 0 Å². The molecule has 2 fully saturated rings. The number of hydrogen-bond donors (Lipinski definition) is 3. The van der Waals surface area contributed by atoms with Crippen molar-refractivity contribution in [1.82, 2.24) is 20.7 Å². The quantitative estimate of drug-likeness (QED) is 0.631. The standard InChI is InChI=1S/C23H29N5O4/c1-31-17-7-8-18(21(11-17)32-2)25-22(29)16-6-4-10-28(14-16)23(30)20-12-19(26-27-20)15-5-3-9-24-13-15/h3,5,7-9,11,13,16,19-20,26-27H,4,6,10,12,14H2,1-2H3,(H,25,29). The van der Waals surface area contributed by atoms with Crippen LogP contribution in [0, 0.1) is 5.92 Å². The lowest BCUT2D eigenvalue weighted by Gasteiger charge is -2.33. The van der Waals surface area contributed by atoms with Crippen molar-refractivity contribution in [3.8, 4) is 11.5 Å². The van der Waals surface area contributed by atoms with Gasteiger partial charge in [-0.15, -0.1) is 0 Å². The summed E-state index contributed by atoms with van der Waals surface area (Å²) in [7, 11) is 3.13. The number of carbonyl (C=O) groups is 2. The molecule has 1 aromatic carbocycles. The number of ether oxygens (including phenoxy) is 2. The fourth-order valence-electron chi connectivity index (χ4n) is 4.27. The van der Waals surface area contributed by atoms with Crippen LogP contribution in [0.25, 0.3) is 0 Å². The number of rotatable bonds is 6. The third kappa shape index (κ3) is 4.84. The minimum atomic E-state index is -0.330. The minimum Gasteiger partial charge on any atom is -0.497 e. The molecule has 9 nitrogen and oxygen atoms in total. The van der Waals surface area contributed by atoms with Crippen molar-refractivity contribution in [2.45, 2.75) is 31.3 Å². The molecule has 2 aliphatic rings. The second-order valence-corrected chi connectivity index (χ2v) is 8.09. The Kier molecular flexibility index (Phi) is 6.87. The van der Waals surface area contributed by atoms with Gasteiger partial charge in [-0.25, -0.2) is 10.9 Å². The molecule has 0 saturated carbocycles. The van der Waals surface area contributed by atoms with Crippen LogP contribution in [-0.4, -0.2) is 55.0 Å². The molecule has 170 valence electrons. The number of hydrogen-bond acceptors (Lipinski definition) is 7. The fourth-order valence-corrected chi connectivity index (χ4v) is 4.27. The summed E-state index contributed by atoms with van der Waals surface area (Å²) in [4.78, 5) is 32.0. The van der Waals surface area contributed by atoms with E-state index in [-0.39, 0.29) is 29.8 Å². The van der Waals surface area contributed by atoms with Crippen molar-refractivity contribution >= 4 is 17.5 Å². The van der Waals surface area contributed by atoms with Gasteiger partial charge in [-0.3, -0.25) is 14.6 Å². The summed E-state index contributed by atoms with van der Waals surface area (Å²) in [5.41, 5.74) is 7.93. The third-order valence-electron chi connectivity index (χ3n) is 6.06. The Morgan fingerprint density at radius 3 is 2.81 bits per heavy atom. The molecule has 2 aromatic rings. The van der Waals surface area contributed by atoms with Crippen LogP contribution in [-0.2, 0) is 9.59 Å². The first kappa shape index (κ1) is 22.0. The number of methoxy groups -OCH3 is 2. The lowest BCUT2D eigenvalue weighted by molar-refractivity contribution is -0.136. The molecule has 32 heavy (non-hydrogen) atoms. The van der Waals surface area contributed by atoms with Gasteiger partial charge < -0.3 is 19.7 Å². The molecule has 0 aliphatic carbocycles. The van der Waals surface area contributed by atoms with Crippen molar-refractivity contribution in [2.24, 2.45) is 5.92 Å². The van der Waals surface area contributed by atoms with Crippen LogP contribution >= 0.6 is 0 Å². The second kappa shape index (κ2) is 9.97. The molecule has 0 radical (unpaired) electrons. The number of nitrogens with one attached hydrogen (secondary N) is 3. The van der Waals surface area contributed by atoms with Crippen LogP contribution in [0.1, 0.15) is 30.9 Å². The van der Waals surface area contributed by atoms with E-state index in [0.29, 0.717) is 36.7 Å². The zero-order chi connectivity index (χ0) is 22.5. The zero-order valence-electron chi connectivity index (χ0n) is 18.3. The number of benzene rings is 1. The Morgan fingerprint density at radius 1 is 1.19 bits per heavy atom. The van der Waals surface area contributed by atoms with E-state index in [4.69, 9.17) is 9.47 Å². The number of pyridine rings is 1. The van der Waals surface area contributed by atoms with E-state index in [0.717, 1.165) is 18.4 Å². The summed E-state index contributed by atoms with van der Waals surface area (Å²) < 4.78 is 10.6. The molecular weight excluding hydrogens is 410 g/mol. The monoisotopic (exact) mass is 439 g/mol. The van der Waals surface area contributed by atoms with Crippen LogP contribution in [0.4, 0.5) is 5.69 Å². The maximum atomic E-state index is 13.1. The largest absolute Gasteiger partial charge is 0.497 e. The van der Waals surface area contributed by atoms with Crippen molar-refractivity contribution in [2.75, 3.05) is 32.6 Å². The third-order valence-corrected chi connectivity index (χ3v) is 6.06. The highest BCUT2D eigenvalue weighted by Crippen LogP contribution is 2.30. The zero-order valence-corrected chi connectivity index (χ0v) is 18.3. The molecule has 3 N–H and O–H groups in total. The van der Waals surface area contributed by atoms with Crippen molar-refractivity contribution in [3.05, 3.63) is 48.3 Å². The fraction of sp³-hybridized carbons (Fsp3) is 0.435. The van der Waals surface area contributed by atoms with E-state index in [2.05, 4.69) is 21.2 Å². The first-order valence-corrected chi connectivity index (χ1v) is 10.8. The number of aromatic nitrogens is 1. The summed E-state index contributed by atoms with van der Waals surface area (Å²) >= 11 is 0. The molecule has 3 unspecified atom stereocenters. The summed E-state index contributed by atoms with van der Waals surface area (Å²) in [5.74, 6) is 0.809. The van der Waals surface area contributed by atoms with Crippen molar-refractivity contribution in [3.63, 3.8) is 0 Å². The van der Waals surface area contributed by atoms with Gasteiger partial charge in [0.1, 0.15) is 17.5 Å². The molecule has 4 rings (SSSR count). The van der Waals surface area contributed by atoms with Crippen molar-refractivity contribution in [1.29, 1.82) is 0 Å². The van der Waals surface area contributed by atoms with Gasteiger partial charge in [0.05, 0.1) is 25.8 Å². The van der Waals surface area contributed by atoms with Crippen LogP contribution in [0.5, 0.6) is 11.5 Å². The van der Waals surface area contributed by atoms with E-state index in [1.54, 1.807) is 49.7 Å². The van der Waals surface area contributed by atoms with Gasteiger partial charge >= 0.3 is 0 Å². The van der Waals surface area contributed by atoms with E-state index in [9.17, 15) is 9.59 Å². The molecular formula is C23H29N5O4.